The molecule has 1 amide bonds. The van der Waals surface area contributed by atoms with Gasteiger partial charge in [-0.05, 0) is 49.7 Å². The lowest BCUT2D eigenvalue weighted by atomic mass is 10.2. The van der Waals surface area contributed by atoms with Gasteiger partial charge in [-0.25, -0.2) is 12.7 Å². The van der Waals surface area contributed by atoms with Crippen LogP contribution in [0.2, 0.25) is 5.02 Å². The number of carbonyl (C=O) groups excluding carboxylic acids is 1. The van der Waals surface area contributed by atoms with E-state index in [2.05, 4.69) is 16.0 Å². The molecule has 0 saturated heterocycles. The van der Waals surface area contributed by atoms with Gasteiger partial charge >= 0.3 is 0 Å². The van der Waals surface area contributed by atoms with Gasteiger partial charge in [-0.2, -0.15) is 0 Å². The van der Waals surface area contributed by atoms with E-state index >= 15 is 0 Å². The number of nitrogens with zero attached hydrogens (tertiary/aromatic N) is 1. The maximum atomic E-state index is 12.4. The van der Waals surface area contributed by atoms with Gasteiger partial charge in [0.2, 0.25) is 15.9 Å². The van der Waals surface area contributed by atoms with Crippen LogP contribution in [0.4, 0.5) is 17.1 Å². The van der Waals surface area contributed by atoms with Crippen LogP contribution in [0.3, 0.4) is 0 Å². The minimum absolute atomic E-state index is 0.0476. The number of rotatable bonds is 8. The number of hydrogen-bond donors (Lipinski definition) is 3. The van der Waals surface area contributed by atoms with Crippen molar-refractivity contribution in [2.75, 3.05) is 43.1 Å². The normalized spacial score (nSPS) is 11.4. The van der Waals surface area contributed by atoms with Crippen LogP contribution >= 0.6 is 11.6 Å². The summed E-state index contributed by atoms with van der Waals surface area (Å²) >= 11 is 6.14. The number of halogens is 1. The molecule has 3 N–H and O–H groups in total. The fourth-order valence-corrected chi connectivity index (χ4v) is 3.69. The maximum Gasteiger partial charge on any atom is 0.243 e. The molecule has 0 unspecified atom stereocenters. The van der Waals surface area contributed by atoms with Crippen molar-refractivity contribution >= 4 is 44.6 Å². The van der Waals surface area contributed by atoms with Crippen molar-refractivity contribution in [2.24, 2.45) is 0 Å². The van der Waals surface area contributed by atoms with Crippen LogP contribution in [0.5, 0.6) is 0 Å². The summed E-state index contributed by atoms with van der Waals surface area (Å²) in [6.07, 6.45) is 0. The fourth-order valence-electron chi connectivity index (χ4n) is 2.48. The van der Waals surface area contributed by atoms with E-state index in [0.717, 1.165) is 9.87 Å². The van der Waals surface area contributed by atoms with Gasteiger partial charge < -0.3 is 16.0 Å². The summed E-state index contributed by atoms with van der Waals surface area (Å²) in [6, 6.07) is 10.1. The summed E-state index contributed by atoms with van der Waals surface area (Å²) in [5, 5.41) is 9.35. The van der Waals surface area contributed by atoms with Crippen LogP contribution in [0.1, 0.15) is 12.5 Å². The molecule has 0 aliphatic heterocycles. The predicted octanol–water partition coefficient (Wildman–Crippen LogP) is 3.38. The van der Waals surface area contributed by atoms with Crippen molar-refractivity contribution in [3.05, 3.63) is 47.0 Å². The zero-order valence-corrected chi connectivity index (χ0v) is 17.9. The number of hydrogen-bond acceptors (Lipinski definition) is 5. The third-order valence-corrected chi connectivity index (χ3v) is 6.10. The van der Waals surface area contributed by atoms with Gasteiger partial charge in [0.05, 0.1) is 33.5 Å². The van der Waals surface area contributed by atoms with Crippen molar-refractivity contribution < 1.29 is 13.2 Å². The Morgan fingerprint density at radius 2 is 1.71 bits per heavy atom. The van der Waals surface area contributed by atoms with Crippen molar-refractivity contribution in [3.8, 4) is 0 Å². The number of carbonyl (C=O) groups is 1. The van der Waals surface area contributed by atoms with Crippen molar-refractivity contribution in [1.82, 2.24) is 4.31 Å². The van der Waals surface area contributed by atoms with Crippen LogP contribution in [0.25, 0.3) is 0 Å². The second-order valence-corrected chi connectivity index (χ2v) is 8.97. The SMILES string of the molecule is CCNc1ccc(S(=O)(=O)N(C)C)cc1NCC(=O)Nc1ccc(C)cc1Cl. The molecule has 0 aliphatic rings. The standard InChI is InChI=1S/C19H25ClN4O3S/c1-5-21-17-9-7-14(28(26,27)24(3)4)11-18(17)22-12-19(25)23-16-8-6-13(2)10-15(16)20/h6-11,21-22H,5,12H2,1-4H3,(H,23,25). The molecule has 2 rings (SSSR count). The lowest BCUT2D eigenvalue weighted by Gasteiger charge is -2.17. The maximum absolute atomic E-state index is 12.4. The Morgan fingerprint density at radius 1 is 1.04 bits per heavy atom. The smallest absolute Gasteiger partial charge is 0.243 e. The number of benzene rings is 2. The Hall–Kier alpha value is -2.29. The topological polar surface area (TPSA) is 90.5 Å². The highest BCUT2D eigenvalue weighted by atomic mass is 35.5. The van der Waals surface area contributed by atoms with Crippen LogP contribution in [0, 0.1) is 6.92 Å². The van der Waals surface area contributed by atoms with Gasteiger partial charge in [-0.15, -0.1) is 0 Å². The molecule has 0 fully saturated rings. The van der Waals surface area contributed by atoms with Gasteiger partial charge in [0.25, 0.3) is 0 Å². The first-order valence-corrected chi connectivity index (χ1v) is 10.6. The summed E-state index contributed by atoms with van der Waals surface area (Å²) in [5.41, 5.74) is 2.75. The Kier molecular flexibility index (Phi) is 7.29. The minimum atomic E-state index is -3.58. The molecule has 2 aromatic rings. The molecule has 0 radical (unpaired) electrons. The molecule has 0 aliphatic carbocycles. The van der Waals surface area contributed by atoms with E-state index in [-0.39, 0.29) is 17.3 Å². The monoisotopic (exact) mass is 424 g/mol. The van der Waals surface area contributed by atoms with E-state index in [4.69, 9.17) is 11.6 Å². The first-order chi connectivity index (χ1) is 13.1. The van der Waals surface area contributed by atoms with Crippen LogP contribution < -0.4 is 16.0 Å². The van der Waals surface area contributed by atoms with E-state index in [1.165, 1.54) is 26.2 Å². The third-order valence-electron chi connectivity index (χ3n) is 3.97. The van der Waals surface area contributed by atoms with E-state index < -0.39 is 10.0 Å². The Balaban J connectivity index is 2.18. The summed E-state index contributed by atoms with van der Waals surface area (Å²) in [4.78, 5) is 12.4. The average Bonchev–Trinajstić information content (AvgIpc) is 2.63. The second-order valence-electron chi connectivity index (χ2n) is 6.41. The van der Waals surface area contributed by atoms with Gasteiger partial charge in [-0.3, -0.25) is 4.79 Å². The molecule has 9 heteroatoms. The third kappa shape index (κ3) is 5.37. The summed E-state index contributed by atoms with van der Waals surface area (Å²) in [5.74, 6) is -0.297. The summed E-state index contributed by atoms with van der Waals surface area (Å²) < 4.78 is 25.9. The molecule has 0 atom stereocenters. The number of amides is 1. The molecule has 7 nitrogen and oxygen atoms in total. The lowest BCUT2D eigenvalue weighted by Crippen LogP contribution is -2.24. The van der Waals surface area contributed by atoms with Crippen LogP contribution in [-0.4, -0.2) is 45.8 Å². The molecule has 152 valence electrons. The van der Waals surface area contributed by atoms with Crippen molar-refractivity contribution in [1.29, 1.82) is 0 Å². The molecule has 0 spiro atoms. The summed E-state index contributed by atoms with van der Waals surface area (Å²) in [6.45, 7) is 4.45. The summed E-state index contributed by atoms with van der Waals surface area (Å²) in [7, 11) is -0.637. The van der Waals surface area contributed by atoms with Gasteiger partial charge in [0.1, 0.15) is 0 Å². The molecule has 0 bridgehead atoms. The largest absolute Gasteiger partial charge is 0.384 e. The molecule has 28 heavy (non-hydrogen) atoms. The van der Waals surface area contributed by atoms with Crippen molar-refractivity contribution in [2.45, 2.75) is 18.7 Å². The predicted molar refractivity (Wildman–Crippen MR) is 115 cm³/mol. The lowest BCUT2D eigenvalue weighted by molar-refractivity contribution is -0.114. The molecule has 2 aromatic carbocycles. The number of nitrogens with one attached hydrogen (secondary N) is 3. The average molecular weight is 425 g/mol. The molecule has 0 aromatic heterocycles. The zero-order valence-electron chi connectivity index (χ0n) is 16.3. The molecular weight excluding hydrogens is 400 g/mol. The first-order valence-electron chi connectivity index (χ1n) is 8.75. The zero-order chi connectivity index (χ0) is 20.9. The van der Waals surface area contributed by atoms with Gasteiger partial charge in [-0.1, -0.05) is 17.7 Å². The van der Waals surface area contributed by atoms with E-state index in [1.54, 1.807) is 18.2 Å². The second kappa shape index (κ2) is 9.27. The molecular formula is C19H25ClN4O3S. The number of anilines is 3. The van der Waals surface area contributed by atoms with E-state index in [0.29, 0.717) is 28.6 Å². The van der Waals surface area contributed by atoms with E-state index in [1.807, 2.05) is 19.9 Å². The number of sulfonamides is 1. The van der Waals surface area contributed by atoms with Crippen molar-refractivity contribution in [3.63, 3.8) is 0 Å². The van der Waals surface area contributed by atoms with Crippen LogP contribution in [-0.2, 0) is 14.8 Å². The Bertz CT molecular complexity index is 962. The molecule has 0 heterocycles. The minimum Gasteiger partial charge on any atom is -0.384 e. The highest BCUT2D eigenvalue weighted by Gasteiger charge is 2.19. The van der Waals surface area contributed by atoms with Crippen LogP contribution in [0.15, 0.2) is 41.3 Å². The van der Waals surface area contributed by atoms with Gasteiger partial charge in [0, 0.05) is 20.6 Å². The van der Waals surface area contributed by atoms with E-state index in [9.17, 15) is 13.2 Å². The van der Waals surface area contributed by atoms with Gasteiger partial charge in [0.15, 0.2) is 0 Å². The highest BCUT2D eigenvalue weighted by Crippen LogP contribution is 2.27. The Labute approximate surface area is 171 Å². The Morgan fingerprint density at radius 3 is 2.32 bits per heavy atom. The first kappa shape index (κ1) is 22.0. The molecule has 0 saturated carbocycles. The fraction of sp³-hybridized carbons (Fsp3) is 0.316. The highest BCUT2D eigenvalue weighted by molar-refractivity contribution is 7.89. The number of aryl methyl sites for hydroxylation is 1. The quantitative estimate of drug-likeness (QED) is 0.604.